The van der Waals surface area contributed by atoms with Gasteiger partial charge in [-0.15, -0.1) is 11.3 Å². The molecule has 6 heteroatoms. The lowest BCUT2D eigenvalue weighted by Gasteiger charge is -2.17. The van der Waals surface area contributed by atoms with Crippen LogP contribution in [0, 0.1) is 11.3 Å². The number of methoxy groups -OCH3 is 1. The van der Waals surface area contributed by atoms with Gasteiger partial charge in [0.2, 0.25) is 0 Å². The molecule has 0 aliphatic heterocycles. The summed E-state index contributed by atoms with van der Waals surface area (Å²) in [7, 11) is 1.64. The van der Waals surface area contributed by atoms with Crippen LogP contribution in [0.3, 0.4) is 0 Å². The number of hydrogen-bond donors (Lipinski definition) is 2. The first-order valence-corrected chi connectivity index (χ1v) is 8.01. The number of hydrogen-bond acceptors (Lipinski definition) is 6. The average Bonchev–Trinajstić information content (AvgIpc) is 3.09. The molecule has 1 atom stereocenters. The molecule has 0 amide bonds. The minimum absolute atomic E-state index is 0.224. The van der Waals surface area contributed by atoms with Crippen molar-refractivity contribution in [2.45, 2.75) is 6.04 Å². The number of pyridine rings is 1. The van der Waals surface area contributed by atoms with Gasteiger partial charge in [0, 0.05) is 23.7 Å². The van der Waals surface area contributed by atoms with E-state index >= 15 is 0 Å². The summed E-state index contributed by atoms with van der Waals surface area (Å²) in [5, 5.41) is 15.3. The molecule has 3 rings (SSSR count). The minimum atomic E-state index is -0.224. The van der Waals surface area contributed by atoms with Gasteiger partial charge >= 0.3 is 0 Å². The number of fused-ring (bicyclic) bond motifs is 1. The minimum Gasteiger partial charge on any atom is -0.496 e. The summed E-state index contributed by atoms with van der Waals surface area (Å²) in [6, 6.07) is 11.6. The van der Waals surface area contributed by atoms with E-state index in [0.717, 1.165) is 27.2 Å². The fraction of sp³-hybridized carbons (Fsp3) is 0.176. The quantitative estimate of drug-likeness (QED) is 0.752. The maximum absolute atomic E-state index is 9.13. The molecule has 1 aromatic carbocycles. The van der Waals surface area contributed by atoms with Gasteiger partial charge < -0.3 is 15.8 Å². The molecule has 2 aromatic heterocycles. The molecule has 23 heavy (non-hydrogen) atoms. The van der Waals surface area contributed by atoms with Gasteiger partial charge in [-0.25, -0.2) is 4.98 Å². The third-order valence-electron chi connectivity index (χ3n) is 3.64. The molecule has 0 aliphatic carbocycles. The van der Waals surface area contributed by atoms with E-state index in [9.17, 15) is 0 Å². The van der Waals surface area contributed by atoms with E-state index in [1.165, 1.54) is 0 Å². The standard InChI is InChI=1S/C17H16N4OS/c1-22-15-5-3-2-4-13(15)14(19)10-21-17-16-12(6-7-23-16)11(8-18)9-20-17/h2-7,9,14H,10,19H2,1H3,(H,20,21). The largest absolute Gasteiger partial charge is 0.496 e. The number of thiophene rings is 1. The zero-order valence-corrected chi connectivity index (χ0v) is 13.4. The van der Waals surface area contributed by atoms with Crippen LogP contribution in [0.1, 0.15) is 17.2 Å². The summed E-state index contributed by atoms with van der Waals surface area (Å²) < 4.78 is 6.32. The Labute approximate surface area is 138 Å². The molecule has 0 aliphatic rings. The lowest BCUT2D eigenvalue weighted by molar-refractivity contribution is 0.406. The zero-order valence-electron chi connectivity index (χ0n) is 12.6. The van der Waals surface area contributed by atoms with Crippen molar-refractivity contribution in [3.8, 4) is 11.8 Å². The summed E-state index contributed by atoms with van der Waals surface area (Å²) in [5.74, 6) is 1.52. The van der Waals surface area contributed by atoms with E-state index in [0.29, 0.717) is 12.1 Å². The van der Waals surface area contributed by atoms with Crippen LogP contribution in [0.2, 0.25) is 0 Å². The number of aromatic nitrogens is 1. The van der Waals surface area contributed by atoms with Crippen LogP contribution < -0.4 is 15.8 Å². The SMILES string of the molecule is COc1ccccc1C(N)CNc1ncc(C#N)c2ccsc12. The number of nitriles is 1. The third kappa shape index (κ3) is 2.97. The van der Waals surface area contributed by atoms with Crippen LogP contribution in [0.4, 0.5) is 5.82 Å². The highest BCUT2D eigenvalue weighted by Crippen LogP contribution is 2.30. The number of nitrogens with one attached hydrogen (secondary N) is 1. The number of anilines is 1. The van der Waals surface area contributed by atoms with Gasteiger partial charge in [0.05, 0.1) is 23.4 Å². The highest BCUT2D eigenvalue weighted by molar-refractivity contribution is 7.17. The Kier molecular flexibility index (Phi) is 4.42. The monoisotopic (exact) mass is 324 g/mol. The first-order valence-electron chi connectivity index (χ1n) is 7.13. The average molecular weight is 324 g/mol. The Morgan fingerprint density at radius 1 is 1.39 bits per heavy atom. The molecule has 0 radical (unpaired) electrons. The Morgan fingerprint density at radius 2 is 2.22 bits per heavy atom. The van der Waals surface area contributed by atoms with Gasteiger partial charge in [-0.2, -0.15) is 5.26 Å². The smallest absolute Gasteiger partial charge is 0.144 e. The molecule has 0 fully saturated rings. The van der Waals surface area contributed by atoms with Crippen LogP contribution in [0.15, 0.2) is 41.9 Å². The van der Waals surface area contributed by atoms with Crippen molar-refractivity contribution in [3.63, 3.8) is 0 Å². The molecule has 1 unspecified atom stereocenters. The van der Waals surface area contributed by atoms with Gasteiger partial charge in [0.15, 0.2) is 0 Å². The fourth-order valence-electron chi connectivity index (χ4n) is 2.47. The van der Waals surface area contributed by atoms with E-state index < -0.39 is 0 Å². The second-order valence-electron chi connectivity index (χ2n) is 5.03. The first kappa shape index (κ1) is 15.3. The molecule has 0 spiro atoms. The van der Waals surface area contributed by atoms with E-state index in [-0.39, 0.29) is 6.04 Å². The number of nitrogens with two attached hydrogens (primary N) is 1. The van der Waals surface area contributed by atoms with Crippen molar-refractivity contribution in [1.82, 2.24) is 4.98 Å². The van der Waals surface area contributed by atoms with Crippen molar-refractivity contribution < 1.29 is 4.74 Å². The Hall–Kier alpha value is -2.62. The number of benzene rings is 1. The van der Waals surface area contributed by atoms with E-state index in [4.69, 9.17) is 15.7 Å². The molecule has 0 saturated carbocycles. The van der Waals surface area contributed by atoms with Gasteiger partial charge in [-0.1, -0.05) is 18.2 Å². The Morgan fingerprint density at radius 3 is 3.00 bits per heavy atom. The summed E-state index contributed by atoms with van der Waals surface area (Å²) in [6.45, 7) is 0.520. The molecular formula is C17H16N4OS. The number of para-hydroxylation sites is 1. The number of nitrogens with zero attached hydrogens (tertiary/aromatic N) is 2. The number of rotatable bonds is 5. The molecule has 0 bridgehead atoms. The molecule has 0 saturated heterocycles. The highest BCUT2D eigenvalue weighted by atomic mass is 32.1. The van der Waals surface area contributed by atoms with Gasteiger partial charge in [-0.3, -0.25) is 0 Å². The maximum Gasteiger partial charge on any atom is 0.144 e. The normalized spacial score (nSPS) is 11.9. The van der Waals surface area contributed by atoms with Crippen LogP contribution >= 0.6 is 11.3 Å². The lowest BCUT2D eigenvalue weighted by Crippen LogP contribution is -2.21. The van der Waals surface area contributed by atoms with Crippen LogP contribution in [-0.4, -0.2) is 18.6 Å². The first-order chi connectivity index (χ1) is 11.2. The van der Waals surface area contributed by atoms with E-state index in [2.05, 4.69) is 16.4 Å². The second-order valence-corrected chi connectivity index (χ2v) is 5.94. The molecule has 3 N–H and O–H groups in total. The third-order valence-corrected chi connectivity index (χ3v) is 4.56. The predicted molar refractivity (Wildman–Crippen MR) is 92.7 cm³/mol. The van der Waals surface area contributed by atoms with Crippen LogP contribution in [0.25, 0.3) is 10.1 Å². The molecule has 3 aromatic rings. The maximum atomic E-state index is 9.13. The molecular weight excluding hydrogens is 308 g/mol. The Bertz CT molecular complexity index is 868. The van der Waals surface area contributed by atoms with Gasteiger partial charge in [-0.05, 0) is 17.5 Å². The molecule has 5 nitrogen and oxygen atoms in total. The highest BCUT2D eigenvalue weighted by Gasteiger charge is 2.13. The number of ether oxygens (including phenoxy) is 1. The van der Waals surface area contributed by atoms with Crippen molar-refractivity contribution in [3.05, 3.63) is 53.0 Å². The summed E-state index contributed by atoms with van der Waals surface area (Å²) in [4.78, 5) is 4.35. The van der Waals surface area contributed by atoms with Crippen molar-refractivity contribution >= 4 is 27.2 Å². The molecule has 116 valence electrons. The molecule has 2 heterocycles. The Balaban J connectivity index is 1.81. The van der Waals surface area contributed by atoms with Crippen LogP contribution in [0.5, 0.6) is 5.75 Å². The zero-order chi connectivity index (χ0) is 16.2. The predicted octanol–water partition coefficient (Wildman–Crippen LogP) is 3.29. The van der Waals surface area contributed by atoms with E-state index in [1.807, 2.05) is 35.7 Å². The van der Waals surface area contributed by atoms with Crippen molar-refractivity contribution in [2.75, 3.05) is 19.0 Å². The summed E-state index contributed by atoms with van der Waals surface area (Å²) >= 11 is 1.56. The fourth-order valence-corrected chi connectivity index (χ4v) is 3.35. The summed E-state index contributed by atoms with van der Waals surface area (Å²) in [5.41, 5.74) is 7.80. The lowest BCUT2D eigenvalue weighted by atomic mass is 10.1. The van der Waals surface area contributed by atoms with Crippen molar-refractivity contribution in [2.24, 2.45) is 5.73 Å². The second kappa shape index (κ2) is 6.65. The summed E-state index contributed by atoms with van der Waals surface area (Å²) in [6.07, 6.45) is 1.59. The van der Waals surface area contributed by atoms with E-state index in [1.54, 1.807) is 24.6 Å². The van der Waals surface area contributed by atoms with Gasteiger partial charge in [0.1, 0.15) is 17.6 Å². The van der Waals surface area contributed by atoms with Gasteiger partial charge in [0.25, 0.3) is 0 Å². The van der Waals surface area contributed by atoms with Crippen LogP contribution in [-0.2, 0) is 0 Å². The topological polar surface area (TPSA) is 84.0 Å². The van der Waals surface area contributed by atoms with Crippen molar-refractivity contribution in [1.29, 1.82) is 5.26 Å².